The molecule has 15 heavy (non-hydrogen) atoms. The molecular formula is C12H15NS2. The van der Waals surface area contributed by atoms with Crippen LogP contribution in [-0.4, -0.2) is 6.54 Å². The molecule has 2 rings (SSSR count). The van der Waals surface area contributed by atoms with Crippen molar-refractivity contribution in [2.75, 3.05) is 6.54 Å². The Bertz CT molecular complexity index is 364. The molecule has 80 valence electrons. The van der Waals surface area contributed by atoms with Crippen LogP contribution in [0.3, 0.4) is 0 Å². The van der Waals surface area contributed by atoms with Gasteiger partial charge in [0.1, 0.15) is 0 Å². The Kier molecular flexibility index (Phi) is 3.94. The van der Waals surface area contributed by atoms with Gasteiger partial charge in [0.25, 0.3) is 0 Å². The van der Waals surface area contributed by atoms with Crippen LogP contribution in [0.1, 0.15) is 22.7 Å². The van der Waals surface area contributed by atoms with Gasteiger partial charge >= 0.3 is 0 Å². The first-order chi connectivity index (χ1) is 7.36. The van der Waals surface area contributed by atoms with Gasteiger partial charge in [-0.05, 0) is 36.2 Å². The van der Waals surface area contributed by atoms with Crippen molar-refractivity contribution >= 4 is 22.7 Å². The van der Waals surface area contributed by atoms with Crippen LogP contribution in [0.5, 0.6) is 0 Å². The van der Waals surface area contributed by atoms with Gasteiger partial charge < -0.3 is 5.32 Å². The number of thiophene rings is 2. The van der Waals surface area contributed by atoms with Crippen LogP contribution in [0.2, 0.25) is 0 Å². The standard InChI is InChI=1S/C12H15NS2/c1-10(12-5-3-9-15-12)13-7-6-11-4-2-8-14-11/h2-5,8-10,13H,6-7H2,1H3/t10-/m1/s1. The molecule has 0 saturated carbocycles. The van der Waals surface area contributed by atoms with Gasteiger partial charge in [0.05, 0.1) is 0 Å². The lowest BCUT2D eigenvalue weighted by Crippen LogP contribution is -2.20. The number of nitrogens with one attached hydrogen (secondary N) is 1. The van der Waals surface area contributed by atoms with Crippen molar-refractivity contribution in [1.82, 2.24) is 5.32 Å². The average molecular weight is 237 g/mol. The quantitative estimate of drug-likeness (QED) is 0.836. The summed E-state index contributed by atoms with van der Waals surface area (Å²) in [5, 5.41) is 7.81. The second kappa shape index (κ2) is 5.45. The molecule has 0 saturated heterocycles. The van der Waals surface area contributed by atoms with Gasteiger partial charge in [-0.15, -0.1) is 22.7 Å². The highest BCUT2D eigenvalue weighted by molar-refractivity contribution is 7.10. The fraction of sp³-hybridized carbons (Fsp3) is 0.333. The second-order valence-corrected chi connectivity index (χ2v) is 5.53. The molecule has 0 fully saturated rings. The SMILES string of the molecule is C[C@@H](NCCc1cccs1)c1cccs1. The van der Waals surface area contributed by atoms with E-state index >= 15 is 0 Å². The van der Waals surface area contributed by atoms with E-state index in [4.69, 9.17) is 0 Å². The molecule has 0 aromatic carbocycles. The topological polar surface area (TPSA) is 12.0 Å². The molecular weight excluding hydrogens is 222 g/mol. The maximum atomic E-state index is 3.54. The minimum absolute atomic E-state index is 0.477. The Morgan fingerprint density at radius 2 is 2.00 bits per heavy atom. The largest absolute Gasteiger partial charge is 0.309 e. The summed E-state index contributed by atoms with van der Waals surface area (Å²) < 4.78 is 0. The third-order valence-corrected chi connectivity index (χ3v) is 4.36. The summed E-state index contributed by atoms with van der Waals surface area (Å²) in [7, 11) is 0. The van der Waals surface area contributed by atoms with Crippen molar-refractivity contribution in [2.45, 2.75) is 19.4 Å². The van der Waals surface area contributed by atoms with Crippen LogP contribution >= 0.6 is 22.7 Å². The Labute approximate surface area is 98.8 Å². The number of hydrogen-bond acceptors (Lipinski definition) is 3. The third-order valence-electron chi connectivity index (χ3n) is 2.37. The van der Waals surface area contributed by atoms with Gasteiger partial charge in [-0.3, -0.25) is 0 Å². The van der Waals surface area contributed by atoms with E-state index in [-0.39, 0.29) is 0 Å². The van der Waals surface area contributed by atoms with Crippen molar-refractivity contribution < 1.29 is 0 Å². The average Bonchev–Trinajstić information content (AvgIpc) is 2.90. The molecule has 2 aromatic rings. The molecule has 0 aliphatic carbocycles. The lowest BCUT2D eigenvalue weighted by Gasteiger charge is -2.11. The van der Waals surface area contributed by atoms with Crippen LogP contribution in [-0.2, 0) is 6.42 Å². The molecule has 3 heteroatoms. The molecule has 0 bridgehead atoms. The van der Waals surface area contributed by atoms with Crippen LogP contribution in [0, 0.1) is 0 Å². The predicted octanol–water partition coefficient (Wildman–Crippen LogP) is 3.70. The van der Waals surface area contributed by atoms with Gasteiger partial charge in [0, 0.05) is 22.3 Å². The van der Waals surface area contributed by atoms with Gasteiger partial charge in [-0.2, -0.15) is 0 Å². The summed E-state index contributed by atoms with van der Waals surface area (Å²) in [6, 6.07) is 9.08. The molecule has 2 aromatic heterocycles. The first-order valence-electron chi connectivity index (χ1n) is 5.15. The molecule has 1 nitrogen and oxygen atoms in total. The molecule has 0 unspecified atom stereocenters. The molecule has 1 N–H and O–H groups in total. The van der Waals surface area contributed by atoms with Gasteiger partial charge in [-0.25, -0.2) is 0 Å². The molecule has 1 atom stereocenters. The Hall–Kier alpha value is -0.640. The molecule has 0 spiro atoms. The predicted molar refractivity (Wildman–Crippen MR) is 68.8 cm³/mol. The highest BCUT2D eigenvalue weighted by Gasteiger charge is 2.04. The van der Waals surface area contributed by atoms with Crippen molar-refractivity contribution in [1.29, 1.82) is 0 Å². The van der Waals surface area contributed by atoms with Crippen LogP contribution in [0.25, 0.3) is 0 Å². The van der Waals surface area contributed by atoms with E-state index in [9.17, 15) is 0 Å². The van der Waals surface area contributed by atoms with E-state index < -0.39 is 0 Å². The van der Waals surface area contributed by atoms with Gasteiger partial charge in [0.15, 0.2) is 0 Å². The summed E-state index contributed by atoms with van der Waals surface area (Å²) in [5.41, 5.74) is 0. The third kappa shape index (κ3) is 3.16. The summed E-state index contributed by atoms with van der Waals surface area (Å²) in [4.78, 5) is 2.88. The summed E-state index contributed by atoms with van der Waals surface area (Å²) >= 11 is 3.65. The lowest BCUT2D eigenvalue weighted by molar-refractivity contribution is 0.586. The number of rotatable bonds is 5. The fourth-order valence-corrected chi connectivity index (χ4v) is 2.97. The van der Waals surface area contributed by atoms with Gasteiger partial charge in [-0.1, -0.05) is 12.1 Å². The molecule has 0 radical (unpaired) electrons. The minimum atomic E-state index is 0.477. The Morgan fingerprint density at radius 1 is 1.20 bits per heavy atom. The number of hydrogen-bond donors (Lipinski definition) is 1. The van der Waals surface area contributed by atoms with E-state index in [0.717, 1.165) is 13.0 Å². The maximum Gasteiger partial charge on any atom is 0.0386 e. The normalized spacial score (nSPS) is 12.9. The zero-order valence-corrected chi connectivity index (χ0v) is 10.4. The fourth-order valence-electron chi connectivity index (χ4n) is 1.50. The van der Waals surface area contributed by atoms with Crippen molar-refractivity contribution in [2.24, 2.45) is 0 Å². The second-order valence-electron chi connectivity index (χ2n) is 3.52. The summed E-state index contributed by atoms with van der Waals surface area (Å²) in [6.07, 6.45) is 1.13. The molecule has 0 aliphatic rings. The van der Waals surface area contributed by atoms with E-state index in [1.807, 2.05) is 22.7 Å². The van der Waals surface area contributed by atoms with E-state index in [1.54, 1.807) is 0 Å². The van der Waals surface area contributed by atoms with Crippen LogP contribution in [0.4, 0.5) is 0 Å². The van der Waals surface area contributed by atoms with Crippen LogP contribution in [0.15, 0.2) is 35.0 Å². The summed E-state index contributed by atoms with van der Waals surface area (Å²) in [5.74, 6) is 0. The van der Waals surface area contributed by atoms with E-state index in [0.29, 0.717) is 6.04 Å². The zero-order chi connectivity index (χ0) is 10.5. The van der Waals surface area contributed by atoms with E-state index in [2.05, 4.69) is 47.3 Å². The minimum Gasteiger partial charge on any atom is -0.309 e. The molecule has 0 aliphatic heterocycles. The lowest BCUT2D eigenvalue weighted by atomic mass is 10.2. The van der Waals surface area contributed by atoms with E-state index in [1.165, 1.54) is 9.75 Å². The van der Waals surface area contributed by atoms with Crippen molar-refractivity contribution in [3.63, 3.8) is 0 Å². The monoisotopic (exact) mass is 237 g/mol. The summed E-state index contributed by atoms with van der Waals surface area (Å²) in [6.45, 7) is 3.28. The Morgan fingerprint density at radius 3 is 2.67 bits per heavy atom. The smallest absolute Gasteiger partial charge is 0.0386 e. The molecule has 0 amide bonds. The first-order valence-corrected chi connectivity index (χ1v) is 6.91. The maximum absolute atomic E-state index is 3.54. The first kappa shape index (κ1) is 10.9. The Balaban J connectivity index is 1.74. The van der Waals surface area contributed by atoms with Gasteiger partial charge in [0.2, 0.25) is 0 Å². The van der Waals surface area contributed by atoms with Crippen molar-refractivity contribution in [3.8, 4) is 0 Å². The zero-order valence-electron chi connectivity index (χ0n) is 8.77. The van der Waals surface area contributed by atoms with Crippen LogP contribution < -0.4 is 5.32 Å². The highest BCUT2D eigenvalue weighted by Crippen LogP contribution is 2.18. The molecule has 2 heterocycles. The van der Waals surface area contributed by atoms with Crippen molar-refractivity contribution in [3.05, 3.63) is 44.8 Å². The highest BCUT2D eigenvalue weighted by atomic mass is 32.1.